The first kappa shape index (κ1) is 22.1. The van der Waals surface area contributed by atoms with E-state index < -0.39 is 10.0 Å². The Bertz CT molecular complexity index is 760. The lowest BCUT2D eigenvalue weighted by atomic mass is 10.0. The van der Waals surface area contributed by atoms with E-state index in [1.165, 1.54) is 10.4 Å². The van der Waals surface area contributed by atoms with Crippen LogP contribution < -0.4 is 5.32 Å². The van der Waals surface area contributed by atoms with Gasteiger partial charge in [0.05, 0.1) is 18.1 Å². The lowest BCUT2D eigenvalue weighted by Crippen LogP contribution is -2.44. The molecule has 0 bridgehead atoms. The Morgan fingerprint density at radius 2 is 1.85 bits per heavy atom. The summed E-state index contributed by atoms with van der Waals surface area (Å²) in [6, 6.07) is 5.15. The van der Waals surface area contributed by atoms with E-state index in [-0.39, 0.29) is 29.3 Å². The van der Waals surface area contributed by atoms with Crippen LogP contribution in [-0.2, 0) is 14.8 Å². The first-order chi connectivity index (χ1) is 12.4. The van der Waals surface area contributed by atoms with E-state index in [0.29, 0.717) is 37.4 Å². The van der Waals surface area contributed by atoms with E-state index in [2.05, 4.69) is 5.32 Å². The van der Waals surface area contributed by atoms with Gasteiger partial charge in [0, 0.05) is 31.7 Å². The molecule has 2 aliphatic rings. The molecule has 27 heavy (non-hydrogen) atoms. The van der Waals surface area contributed by atoms with Gasteiger partial charge >= 0.3 is 0 Å². The Morgan fingerprint density at radius 1 is 1.22 bits per heavy atom. The topological polar surface area (TPSA) is 79.0 Å². The van der Waals surface area contributed by atoms with Gasteiger partial charge in [-0.3, -0.25) is 4.79 Å². The number of rotatable bonds is 4. The third kappa shape index (κ3) is 4.81. The maximum atomic E-state index is 13.0. The Morgan fingerprint density at radius 3 is 2.48 bits per heavy atom. The normalized spacial score (nSPS) is 19.3. The highest BCUT2D eigenvalue weighted by Gasteiger charge is 2.29. The molecule has 0 atom stereocenters. The average molecular weight is 418 g/mol. The van der Waals surface area contributed by atoms with Gasteiger partial charge in [0.25, 0.3) is 5.91 Å². The van der Waals surface area contributed by atoms with Crippen molar-refractivity contribution in [3.63, 3.8) is 0 Å². The molecule has 2 fully saturated rings. The zero-order valence-electron chi connectivity index (χ0n) is 15.8. The second kappa shape index (κ2) is 9.34. The molecule has 152 valence electrons. The second-order valence-corrected chi connectivity index (χ2v) is 8.80. The highest BCUT2D eigenvalue weighted by molar-refractivity contribution is 7.89. The van der Waals surface area contributed by atoms with E-state index in [1.807, 2.05) is 0 Å². The lowest BCUT2D eigenvalue weighted by Gasteiger charge is -2.32. The third-order valence-electron chi connectivity index (χ3n) is 5.20. The van der Waals surface area contributed by atoms with Crippen molar-refractivity contribution in [2.75, 3.05) is 46.4 Å². The molecule has 2 heterocycles. The summed E-state index contributed by atoms with van der Waals surface area (Å²) in [4.78, 5) is 14.8. The summed E-state index contributed by atoms with van der Waals surface area (Å²) in [7, 11) is -1.83. The van der Waals surface area contributed by atoms with Crippen LogP contribution >= 0.6 is 12.4 Å². The minimum absolute atomic E-state index is 0. The van der Waals surface area contributed by atoms with E-state index >= 15 is 0 Å². The summed E-state index contributed by atoms with van der Waals surface area (Å²) in [5.74, 6) is -0.129. The van der Waals surface area contributed by atoms with Gasteiger partial charge in [0.2, 0.25) is 10.0 Å². The molecular weight excluding hydrogens is 390 g/mol. The van der Waals surface area contributed by atoms with Crippen LogP contribution in [0.1, 0.15) is 28.8 Å². The van der Waals surface area contributed by atoms with Crippen LogP contribution in [-0.4, -0.2) is 76.0 Å². The Hall–Kier alpha value is -1.19. The molecule has 0 saturated carbocycles. The number of sulfonamides is 1. The zero-order valence-corrected chi connectivity index (χ0v) is 17.4. The van der Waals surface area contributed by atoms with Crippen LogP contribution in [0.3, 0.4) is 0 Å². The maximum Gasteiger partial charge on any atom is 0.253 e. The maximum absolute atomic E-state index is 13.0. The molecule has 1 N–H and O–H groups in total. The fraction of sp³-hybridized carbons (Fsp3) is 0.611. The summed E-state index contributed by atoms with van der Waals surface area (Å²) in [6.07, 6.45) is 1.82. The number of halogens is 1. The molecule has 0 aromatic heterocycles. The number of carbonyl (C=O) groups excluding carboxylic acids is 1. The number of hydrogen-bond acceptors (Lipinski definition) is 5. The van der Waals surface area contributed by atoms with Crippen molar-refractivity contribution >= 4 is 28.3 Å². The van der Waals surface area contributed by atoms with E-state index in [9.17, 15) is 13.2 Å². The van der Waals surface area contributed by atoms with Gasteiger partial charge < -0.3 is 15.0 Å². The van der Waals surface area contributed by atoms with Gasteiger partial charge in [-0.05, 0) is 50.6 Å². The van der Waals surface area contributed by atoms with Crippen LogP contribution in [0, 0.1) is 6.92 Å². The number of aryl methyl sites for hydroxylation is 1. The minimum Gasteiger partial charge on any atom is -0.379 e. The number of nitrogens with zero attached hydrogens (tertiary/aromatic N) is 2. The number of carbonyl (C=O) groups is 1. The first-order valence-electron chi connectivity index (χ1n) is 9.07. The molecule has 0 radical (unpaired) electrons. The van der Waals surface area contributed by atoms with Gasteiger partial charge in [-0.2, -0.15) is 4.31 Å². The quantitative estimate of drug-likeness (QED) is 0.797. The van der Waals surface area contributed by atoms with E-state index in [4.69, 9.17) is 4.74 Å². The molecule has 1 aromatic carbocycles. The minimum atomic E-state index is -3.63. The number of amides is 1. The fourth-order valence-electron chi connectivity index (χ4n) is 3.50. The van der Waals surface area contributed by atoms with Crippen molar-refractivity contribution in [3.8, 4) is 0 Å². The molecule has 0 spiro atoms. The number of ether oxygens (including phenoxy) is 1. The molecule has 1 aromatic rings. The van der Waals surface area contributed by atoms with Gasteiger partial charge in [-0.15, -0.1) is 12.4 Å². The highest BCUT2D eigenvalue weighted by atomic mass is 35.5. The van der Waals surface area contributed by atoms with E-state index in [0.717, 1.165) is 25.9 Å². The molecular formula is C18H28ClN3O4S. The van der Waals surface area contributed by atoms with Crippen molar-refractivity contribution in [3.05, 3.63) is 29.3 Å². The van der Waals surface area contributed by atoms with Crippen molar-refractivity contribution in [1.82, 2.24) is 14.5 Å². The molecule has 7 nitrogen and oxygen atoms in total. The highest BCUT2D eigenvalue weighted by Crippen LogP contribution is 2.23. The van der Waals surface area contributed by atoms with Gasteiger partial charge in [0.15, 0.2) is 0 Å². The predicted molar refractivity (Wildman–Crippen MR) is 106 cm³/mol. The van der Waals surface area contributed by atoms with Crippen molar-refractivity contribution in [2.24, 2.45) is 0 Å². The van der Waals surface area contributed by atoms with Gasteiger partial charge in [-0.1, -0.05) is 6.07 Å². The smallest absolute Gasteiger partial charge is 0.253 e. The summed E-state index contributed by atoms with van der Waals surface area (Å²) in [5.41, 5.74) is 1.07. The predicted octanol–water partition coefficient (Wildman–Crippen LogP) is 1.26. The van der Waals surface area contributed by atoms with Gasteiger partial charge in [-0.25, -0.2) is 8.42 Å². The van der Waals surface area contributed by atoms with Crippen LogP contribution in [0.2, 0.25) is 0 Å². The Balaban J connectivity index is 0.00000261. The Labute approximate surface area is 167 Å². The van der Waals surface area contributed by atoms with Crippen LogP contribution in [0.15, 0.2) is 23.1 Å². The zero-order chi connectivity index (χ0) is 18.7. The standard InChI is InChI=1S/C18H27N3O4S.ClH/c1-14-3-4-15(18(22)20(2)16-5-7-19-8-6-16)13-17(14)26(23,24)21-9-11-25-12-10-21;/h3-4,13,16,19H,5-12H2,1-2H3;1H. The molecule has 3 rings (SSSR count). The first-order valence-corrected chi connectivity index (χ1v) is 10.5. The lowest BCUT2D eigenvalue weighted by molar-refractivity contribution is 0.0702. The number of morpholine rings is 1. The molecule has 9 heteroatoms. The molecule has 2 saturated heterocycles. The van der Waals surface area contributed by atoms with Crippen molar-refractivity contribution < 1.29 is 17.9 Å². The van der Waals surface area contributed by atoms with Crippen molar-refractivity contribution in [2.45, 2.75) is 30.7 Å². The number of hydrogen-bond donors (Lipinski definition) is 1. The van der Waals surface area contributed by atoms with Gasteiger partial charge in [0.1, 0.15) is 0 Å². The monoisotopic (exact) mass is 417 g/mol. The SMILES string of the molecule is Cc1ccc(C(=O)N(C)C2CCNCC2)cc1S(=O)(=O)N1CCOCC1.Cl. The molecule has 0 unspecified atom stereocenters. The van der Waals surface area contributed by atoms with E-state index in [1.54, 1.807) is 31.0 Å². The summed E-state index contributed by atoms with van der Waals surface area (Å²) < 4.78 is 32.7. The molecule has 2 aliphatic heterocycles. The number of piperidine rings is 1. The largest absolute Gasteiger partial charge is 0.379 e. The third-order valence-corrected chi connectivity index (χ3v) is 7.24. The van der Waals surface area contributed by atoms with Crippen LogP contribution in [0.5, 0.6) is 0 Å². The second-order valence-electron chi connectivity index (χ2n) is 6.89. The fourth-order valence-corrected chi connectivity index (χ4v) is 5.16. The van der Waals surface area contributed by atoms with Crippen LogP contribution in [0.4, 0.5) is 0 Å². The molecule has 0 aliphatic carbocycles. The average Bonchev–Trinajstić information content (AvgIpc) is 2.68. The van der Waals surface area contributed by atoms with Crippen LogP contribution in [0.25, 0.3) is 0 Å². The summed E-state index contributed by atoms with van der Waals surface area (Å²) in [5, 5.41) is 3.29. The number of nitrogens with one attached hydrogen (secondary N) is 1. The summed E-state index contributed by atoms with van der Waals surface area (Å²) in [6.45, 7) is 5.03. The summed E-state index contributed by atoms with van der Waals surface area (Å²) >= 11 is 0. The van der Waals surface area contributed by atoms with Crippen molar-refractivity contribution in [1.29, 1.82) is 0 Å². The number of benzene rings is 1. The Kier molecular flexibility index (Phi) is 7.64. The molecule has 1 amide bonds.